The summed E-state index contributed by atoms with van der Waals surface area (Å²) >= 11 is 1.34. The van der Waals surface area contributed by atoms with Gasteiger partial charge in [0.25, 0.3) is 0 Å². The molecule has 2 aromatic carbocycles. The van der Waals surface area contributed by atoms with Crippen LogP contribution in [-0.2, 0) is 9.53 Å². The van der Waals surface area contributed by atoms with E-state index < -0.39 is 5.97 Å². The van der Waals surface area contributed by atoms with Gasteiger partial charge in [0.15, 0.2) is 0 Å². The summed E-state index contributed by atoms with van der Waals surface area (Å²) < 4.78 is 10.1. The molecule has 3 rings (SSSR count). The van der Waals surface area contributed by atoms with E-state index in [-0.39, 0.29) is 11.7 Å². The van der Waals surface area contributed by atoms with Crippen molar-refractivity contribution in [1.29, 1.82) is 0 Å². The van der Waals surface area contributed by atoms with Crippen molar-refractivity contribution >= 4 is 40.2 Å². The SMILES string of the molecule is COC(=O)c1cccc(NC(=O)CSc2cc(C)c3cccc(OC)c3n2)c1. The van der Waals surface area contributed by atoms with Crippen LogP contribution in [0.3, 0.4) is 0 Å². The molecular weight excluding hydrogens is 376 g/mol. The maximum absolute atomic E-state index is 12.3. The number of aromatic nitrogens is 1. The van der Waals surface area contributed by atoms with Crippen molar-refractivity contribution in [3.05, 3.63) is 59.7 Å². The minimum atomic E-state index is -0.449. The fourth-order valence-electron chi connectivity index (χ4n) is 2.78. The number of anilines is 1. The third-order valence-corrected chi connectivity index (χ3v) is 5.04. The molecule has 144 valence electrons. The van der Waals surface area contributed by atoms with Gasteiger partial charge in [0.1, 0.15) is 11.3 Å². The molecule has 0 saturated carbocycles. The Kier molecular flexibility index (Phi) is 6.16. The first-order chi connectivity index (χ1) is 13.5. The lowest BCUT2D eigenvalue weighted by Crippen LogP contribution is -2.14. The number of fused-ring (bicyclic) bond motifs is 1. The third kappa shape index (κ3) is 4.43. The van der Waals surface area contributed by atoms with E-state index in [2.05, 4.69) is 10.3 Å². The molecular formula is C21H20N2O4S. The molecule has 0 aliphatic heterocycles. The summed E-state index contributed by atoms with van der Waals surface area (Å²) in [5, 5.41) is 4.55. The molecule has 0 bridgehead atoms. The molecule has 0 radical (unpaired) electrons. The van der Waals surface area contributed by atoms with E-state index in [1.54, 1.807) is 31.4 Å². The van der Waals surface area contributed by atoms with Gasteiger partial charge in [-0.1, -0.05) is 30.0 Å². The van der Waals surface area contributed by atoms with Gasteiger partial charge in [0.2, 0.25) is 5.91 Å². The van der Waals surface area contributed by atoms with Gasteiger partial charge in [-0.15, -0.1) is 0 Å². The first-order valence-corrected chi connectivity index (χ1v) is 9.55. The number of aryl methyl sites for hydroxylation is 1. The van der Waals surface area contributed by atoms with Crippen LogP contribution in [0.15, 0.2) is 53.6 Å². The summed E-state index contributed by atoms with van der Waals surface area (Å²) in [6.45, 7) is 2.01. The maximum Gasteiger partial charge on any atom is 0.337 e. The standard InChI is InChI=1S/C21H20N2O4S/c1-13-10-19(23-20-16(13)8-5-9-17(20)26-2)28-12-18(24)22-15-7-4-6-14(11-15)21(25)27-3/h4-11H,12H2,1-3H3,(H,22,24). The molecule has 1 heterocycles. The van der Waals surface area contributed by atoms with Crippen molar-refractivity contribution in [3.8, 4) is 5.75 Å². The van der Waals surface area contributed by atoms with E-state index >= 15 is 0 Å². The molecule has 7 heteroatoms. The van der Waals surface area contributed by atoms with E-state index in [4.69, 9.17) is 9.47 Å². The van der Waals surface area contributed by atoms with Crippen LogP contribution in [0, 0.1) is 6.92 Å². The van der Waals surface area contributed by atoms with Crippen molar-refractivity contribution < 1.29 is 19.1 Å². The molecule has 0 fully saturated rings. The van der Waals surface area contributed by atoms with Crippen LogP contribution in [0.25, 0.3) is 10.9 Å². The number of thioether (sulfide) groups is 1. The van der Waals surface area contributed by atoms with Crippen molar-refractivity contribution in [2.45, 2.75) is 11.9 Å². The first-order valence-electron chi connectivity index (χ1n) is 8.57. The number of esters is 1. The number of pyridine rings is 1. The Morgan fingerprint density at radius 2 is 1.89 bits per heavy atom. The van der Waals surface area contributed by atoms with E-state index in [1.807, 2.05) is 31.2 Å². The number of ether oxygens (including phenoxy) is 2. The summed E-state index contributed by atoms with van der Waals surface area (Å²) in [7, 11) is 2.93. The molecule has 0 aliphatic carbocycles. The Balaban J connectivity index is 1.70. The van der Waals surface area contributed by atoms with Gasteiger partial charge in [0, 0.05) is 11.1 Å². The average molecular weight is 396 g/mol. The largest absolute Gasteiger partial charge is 0.494 e. The summed E-state index contributed by atoms with van der Waals surface area (Å²) in [5.74, 6) is 0.254. The van der Waals surface area contributed by atoms with Gasteiger partial charge in [0.05, 0.1) is 30.6 Å². The number of benzene rings is 2. The number of amides is 1. The number of hydrogen-bond acceptors (Lipinski definition) is 6. The van der Waals surface area contributed by atoms with E-state index in [9.17, 15) is 9.59 Å². The number of rotatable bonds is 6. The molecule has 1 aromatic heterocycles. The third-order valence-electron chi connectivity index (χ3n) is 4.12. The molecule has 3 aromatic rings. The highest BCUT2D eigenvalue weighted by molar-refractivity contribution is 7.99. The molecule has 0 unspecified atom stereocenters. The minimum Gasteiger partial charge on any atom is -0.494 e. The van der Waals surface area contributed by atoms with Crippen LogP contribution >= 0.6 is 11.8 Å². The predicted octanol–water partition coefficient (Wildman–Crippen LogP) is 4.07. The lowest BCUT2D eigenvalue weighted by atomic mass is 10.1. The number of nitrogens with one attached hydrogen (secondary N) is 1. The molecule has 0 spiro atoms. The lowest BCUT2D eigenvalue weighted by molar-refractivity contribution is -0.113. The Bertz CT molecular complexity index is 1040. The highest BCUT2D eigenvalue weighted by Gasteiger charge is 2.11. The number of carbonyl (C=O) groups is 2. The van der Waals surface area contributed by atoms with Crippen LogP contribution in [0.1, 0.15) is 15.9 Å². The van der Waals surface area contributed by atoms with Gasteiger partial charge in [-0.25, -0.2) is 9.78 Å². The highest BCUT2D eigenvalue weighted by Crippen LogP contribution is 2.29. The summed E-state index contributed by atoms with van der Waals surface area (Å²) in [6, 6.07) is 14.4. The second kappa shape index (κ2) is 8.75. The zero-order valence-corrected chi connectivity index (χ0v) is 16.6. The first kappa shape index (κ1) is 19.7. The monoisotopic (exact) mass is 396 g/mol. The molecule has 0 saturated heterocycles. The smallest absolute Gasteiger partial charge is 0.337 e. The summed E-state index contributed by atoms with van der Waals surface area (Å²) in [4.78, 5) is 28.5. The molecule has 1 N–H and O–H groups in total. The second-order valence-corrected chi connectivity index (χ2v) is 7.04. The highest BCUT2D eigenvalue weighted by atomic mass is 32.2. The van der Waals surface area contributed by atoms with Gasteiger partial charge >= 0.3 is 5.97 Å². The van der Waals surface area contributed by atoms with Crippen LogP contribution in [0.5, 0.6) is 5.75 Å². The summed E-state index contributed by atoms with van der Waals surface area (Å²) in [6.07, 6.45) is 0. The second-order valence-electron chi connectivity index (χ2n) is 6.04. The van der Waals surface area contributed by atoms with Gasteiger partial charge in [-0.3, -0.25) is 4.79 Å². The Morgan fingerprint density at radius 3 is 2.64 bits per heavy atom. The van der Waals surface area contributed by atoms with E-state index in [1.165, 1.54) is 18.9 Å². The fraction of sp³-hybridized carbons (Fsp3) is 0.190. The van der Waals surface area contributed by atoms with Crippen LogP contribution < -0.4 is 10.1 Å². The predicted molar refractivity (Wildman–Crippen MR) is 110 cm³/mol. The quantitative estimate of drug-likeness (QED) is 0.500. The number of para-hydroxylation sites is 1. The fourth-order valence-corrected chi connectivity index (χ4v) is 3.55. The Hall–Kier alpha value is -3.06. The zero-order valence-electron chi connectivity index (χ0n) is 15.8. The lowest BCUT2D eigenvalue weighted by Gasteiger charge is -2.10. The van der Waals surface area contributed by atoms with Gasteiger partial charge in [-0.2, -0.15) is 0 Å². The molecule has 1 amide bonds. The number of methoxy groups -OCH3 is 2. The number of hydrogen-bond donors (Lipinski definition) is 1. The van der Waals surface area contributed by atoms with Crippen LogP contribution in [0.2, 0.25) is 0 Å². The van der Waals surface area contributed by atoms with Crippen molar-refractivity contribution in [2.75, 3.05) is 25.3 Å². The normalized spacial score (nSPS) is 10.5. The topological polar surface area (TPSA) is 77.5 Å². The minimum absolute atomic E-state index is 0.188. The van der Waals surface area contributed by atoms with Gasteiger partial charge < -0.3 is 14.8 Å². The van der Waals surface area contributed by atoms with Crippen molar-refractivity contribution in [3.63, 3.8) is 0 Å². The molecule has 0 atom stereocenters. The van der Waals surface area contributed by atoms with Crippen molar-refractivity contribution in [1.82, 2.24) is 4.98 Å². The van der Waals surface area contributed by atoms with Gasteiger partial charge in [-0.05, 0) is 42.8 Å². The molecule has 6 nitrogen and oxygen atoms in total. The Labute approximate surface area is 167 Å². The van der Waals surface area contributed by atoms with Crippen LogP contribution in [-0.4, -0.2) is 36.8 Å². The van der Waals surface area contributed by atoms with Crippen LogP contribution in [0.4, 0.5) is 5.69 Å². The van der Waals surface area contributed by atoms with E-state index in [0.717, 1.165) is 21.5 Å². The molecule has 28 heavy (non-hydrogen) atoms. The molecule has 0 aliphatic rings. The Morgan fingerprint density at radius 1 is 1.11 bits per heavy atom. The zero-order chi connectivity index (χ0) is 20.1. The average Bonchev–Trinajstić information content (AvgIpc) is 2.71. The number of nitrogens with zero attached hydrogens (tertiary/aromatic N) is 1. The number of carbonyl (C=O) groups excluding carboxylic acids is 2. The maximum atomic E-state index is 12.3. The van der Waals surface area contributed by atoms with Crippen molar-refractivity contribution in [2.24, 2.45) is 0 Å². The van der Waals surface area contributed by atoms with E-state index in [0.29, 0.717) is 17.0 Å². The summed E-state index contributed by atoms with van der Waals surface area (Å²) in [5.41, 5.74) is 2.76.